The van der Waals surface area contributed by atoms with Crippen molar-refractivity contribution in [2.75, 3.05) is 0 Å². The molecule has 6 heteroatoms. The van der Waals surface area contributed by atoms with E-state index in [4.69, 9.17) is 23.2 Å². The van der Waals surface area contributed by atoms with Gasteiger partial charge in [-0.1, -0.05) is 0 Å². The van der Waals surface area contributed by atoms with Gasteiger partial charge in [-0.05, 0) is 0 Å². The van der Waals surface area contributed by atoms with Crippen LogP contribution in [0, 0.1) is 0 Å². The van der Waals surface area contributed by atoms with Crippen LogP contribution in [0.25, 0.3) is 21.5 Å². The van der Waals surface area contributed by atoms with Crippen LogP contribution in [0.5, 0.6) is 0 Å². The summed E-state index contributed by atoms with van der Waals surface area (Å²) in [5.74, 6) is -0.664. The van der Waals surface area contributed by atoms with E-state index in [0.29, 0.717) is 8.94 Å². The molecule has 32 heavy (non-hydrogen) atoms. The number of rotatable bonds is 4. The topological polar surface area (TPSA) is 34.1 Å². The fourth-order valence-electron chi connectivity index (χ4n) is 3.58. The van der Waals surface area contributed by atoms with Crippen LogP contribution in [0.15, 0.2) is 104 Å². The van der Waals surface area contributed by atoms with E-state index in [2.05, 4.69) is 0 Å². The Bertz CT molecular complexity index is 1360. The van der Waals surface area contributed by atoms with Crippen molar-refractivity contribution >= 4 is 95.2 Å². The Morgan fingerprint density at radius 1 is 0.500 bits per heavy atom. The van der Waals surface area contributed by atoms with Crippen LogP contribution in [-0.2, 0) is 9.59 Å². The zero-order valence-corrected chi connectivity index (χ0v) is 21.4. The molecule has 4 aromatic rings. The van der Waals surface area contributed by atoms with E-state index >= 15 is 0 Å². The summed E-state index contributed by atoms with van der Waals surface area (Å²) >= 11 is 12.1. The van der Waals surface area contributed by atoms with E-state index in [9.17, 15) is 9.59 Å². The number of hydrogen-bond acceptors (Lipinski definition) is 2. The molecule has 0 N–H and O–H groups in total. The van der Waals surface area contributed by atoms with Gasteiger partial charge in [-0.15, -0.1) is 0 Å². The maximum atomic E-state index is 13.2. The zero-order valence-electron chi connectivity index (χ0n) is 16.5. The first-order valence-corrected chi connectivity index (χ1v) is 13.9. The molecule has 0 amide bonds. The molecule has 0 radical (unpaired) electrons. The van der Waals surface area contributed by atoms with Crippen LogP contribution >= 0.6 is 23.2 Å². The predicted molar refractivity (Wildman–Crippen MR) is 134 cm³/mol. The summed E-state index contributed by atoms with van der Waals surface area (Å²) < 4.78 is 2.64. The molecule has 0 atom stereocenters. The molecule has 0 fully saturated rings. The SMILES string of the molecule is O=C1C(Cl)=C([Se]c2cccc3ccccc23)C(=O)C(Cl)=C1[Se]c1cccc2ccccc12. The summed E-state index contributed by atoms with van der Waals surface area (Å²) in [7, 11) is 0. The normalized spacial score (nSPS) is 14.7. The van der Waals surface area contributed by atoms with Gasteiger partial charge in [0.1, 0.15) is 0 Å². The molecule has 2 nitrogen and oxygen atoms in total. The molecule has 0 heterocycles. The fraction of sp³-hybridized carbons (Fsp3) is 0. The Hall–Kier alpha value is -2.16. The monoisotopic (exact) mass is 588 g/mol. The fourth-order valence-corrected chi connectivity index (χ4v) is 8.95. The van der Waals surface area contributed by atoms with Gasteiger partial charge in [-0.2, -0.15) is 0 Å². The summed E-state index contributed by atoms with van der Waals surface area (Å²) in [5.41, 5.74) is 0. The summed E-state index contributed by atoms with van der Waals surface area (Å²) in [6, 6.07) is 27.9. The molecule has 0 unspecified atom stereocenters. The molecule has 0 aliphatic heterocycles. The van der Waals surface area contributed by atoms with E-state index in [0.717, 1.165) is 30.5 Å². The Morgan fingerprint density at radius 3 is 1.31 bits per heavy atom. The van der Waals surface area contributed by atoms with Gasteiger partial charge in [0.15, 0.2) is 0 Å². The second kappa shape index (κ2) is 9.00. The minimum atomic E-state index is -0.442. The quantitative estimate of drug-likeness (QED) is 0.262. The number of carbonyl (C=O) groups is 2. The number of allylic oxidation sites excluding steroid dienone is 4. The standard InChI is InChI=1S/C26H14Cl2O2Se2/c27-21-24(30)26(32-20-14-6-10-16-8-2-4-12-18(16)20)22(28)23(29)25(21)31-19-13-5-9-15-7-1-3-11-17(15)19/h1-14H. The first kappa shape index (κ1) is 21.7. The van der Waals surface area contributed by atoms with Crippen molar-refractivity contribution in [3.05, 3.63) is 104 Å². The van der Waals surface area contributed by atoms with Crippen LogP contribution in [0.3, 0.4) is 0 Å². The Morgan fingerprint density at radius 2 is 0.875 bits per heavy atom. The zero-order chi connectivity index (χ0) is 22.2. The maximum absolute atomic E-state index is 13.2. The predicted octanol–water partition coefficient (Wildman–Crippen LogP) is 4.40. The molecule has 0 bridgehead atoms. The van der Waals surface area contributed by atoms with Crippen molar-refractivity contribution in [1.29, 1.82) is 0 Å². The van der Waals surface area contributed by atoms with Crippen molar-refractivity contribution in [1.82, 2.24) is 0 Å². The number of ketones is 2. The number of fused-ring (bicyclic) bond motifs is 2. The first-order chi connectivity index (χ1) is 15.5. The summed E-state index contributed by atoms with van der Waals surface area (Å²) in [5, 5.41) is 4.28. The third-order valence-corrected chi connectivity index (χ3v) is 11.3. The van der Waals surface area contributed by atoms with Crippen molar-refractivity contribution in [3.63, 3.8) is 0 Å². The van der Waals surface area contributed by atoms with Gasteiger partial charge in [0.25, 0.3) is 0 Å². The van der Waals surface area contributed by atoms with Crippen LogP contribution in [-0.4, -0.2) is 41.5 Å². The Labute approximate surface area is 207 Å². The van der Waals surface area contributed by atoms with Gasteiger partial charge in [0, 0.05) is 0 Å². The van der Waals surface area contributed by atoms with Crippen molar-refractivity contribution in [2.24, 2.45) is 0 Å². The number of halogens is 2. The molecule has 4 aromatic carbocycles. The molecule has 1 aliphatic rings. The van der Waals surface area contributed by atoms with E-state index in [1.807, 2.05) is 84.9 Å². The van der Waals surface area contributed by atoms with Gasteiger partial charge in [-0.25, -0.2) is 0 Å². The third-order valence-electron chi connectivity index (χ3n) is 5.13. The van der Waals surface area contributed by atoms with E-state index < -0.39 is 29.9 Å². The molecular formula is C26H14Cl2O2Se2. The van der Waals surface area contributed by atoms with Crippen molar-refractivity contribution < 1.29 is 9.59 Å². The van der Waals surface area contributed by atoms with E-state index in [1.54, 1.807) is 0 Å². The average molecular weight is 587 g/mol. The van der Waals surface area contributed by atoms with Gasteiger partial charge in [0.05, 0.1) is 0 Å². The second-order valence-electron chi connectivity index (χ2n) is 7.10. The van der Waals surface area contributed by atoms with Gasteiger partial charge < -0.3 is 0 Å². The summed E-state index contributed by atoms with van der Waals surface area (Å²) in [6.07, 6.45) is 0. The van der Waals surface area contributed by atoms with Gasteiger partial charge >= 0.3 is 209 Å². The molecule has 0 saturated heterocycles. The molecule has 5 rings (SSSR count). The van der Waals surface area contributed by atoms with Crippen molar-refractivity contribution in [3.8, 4) is 0 Å². The van der Waals surface area contributed by atoms with E-state index in [-0.39, 0.29) is 21.6 Å². The minimum absolute atomic E-state index is 0.00412. The van der Waals surface area contributed by atoms with Crippen LogP contribution in [0.2, 0.25) is 0 Å². The second-order valence-corrected chi connectivity index (χ2v) is 12.3. The van der Waals surface area contributed by atoms with Gasteiger partial charge in [-0.3, -0.25) is 0 Å². The number of carbonyl (C=O) groups excluding carboxylic acids is 2. The molecule has 156 valence electrons. The molecule has 1 aliphatic carbocycles. The number of hydrogen-bond donors (Lipinski definition) is 0. The van der Waals surface area contributed by atoms with Gasteiger partial charge in [0.2, 0.25) is 0 Å². The van der Waals surface area contributed by atoms with Crippen LogP contribution in [0.4, 0.5) is 0 Å². The van der Waals surface area contributed by atoms with Crippen LogP contribution < -0.4 is 8.92 Å². The molecular weight excluding hydrogens is 573 g/mol. The number of benzene rings is 4. The number of Topliss-reactive ketones (excluding diaryl/α,β-unsaturated/α-hetero) is 2. The summed E-state index contributed by atoms with van der Waals surface area (Å²) in [6.45, 7) is 0. The molecule has 0 spiro atoms. The van der Waals surface area contributed by atoms with Crippen LogP contribution in [0.1, 0.15) is 0 Å². The van der Waals surface area contributed by atoms with E-state index in [1.165, 1.54) is 0 Å². The molecule has 0 aromatic heterocycles. The average Bonchev–Trinajstić information content (AvgIpc) is 2.83. The summed E-state index contributed by atoms with van der Waals surface area (Å²) in [4.78, 5) is 26.5. The molecule has 0 saturated carbocycles. The first-order valence-electron chi connectivity index (χ1n) is 9.75. The Balaban J connectivity index is 1.51. The Kier molecular flexibility index (Phi) is 6.09. The third kappa shape index (κ3) is 3.89. The van der Waals surface area contributed by atoms with Crippen molar-refractivity contribution in [2.45, 2.75) is 0 Å².